The van der Waals surface area contributed by atoms with Crippen LogP contribution in [-0.2, 0) is 0 Å². The third-order valence-corrected chi connectivity index (χ3v) is 2.18. The Morgan fingerprint density at radius 1 is 1.36 bits per heavy atom. The molecule has 0 aliphatic heterocycles. The Balaban J connectivity index is 2.56. The predicted molar refractivity (Wildman–Crippen MR) is 59.8 cm³/mol. The molecule has 0 aliphatic carbocycles. The number of rotatable bonds is 4. The van der Waals surface area contributed by atoms with Gasteiger partial charge >= 0.3 is 0 Å². The number of nitrogens with two attached hydrogens (primary N) is 1. The van der Waals surface area contributed by atoms with Gasteiger partial charge in [0.25, 0.3) is 0 Å². The van der Waals surface area contributed by atoms with Gasteiger partial charge in [0.05, 0.1) is 11.1 Å². The molecule has 0 saturated heterocycles. The first kappa shape index (κ1) is 11.3. The molecule has 0 aromatic heterocycles. The van der Waals surface area contributed by atoms with Crippen molar-refractivity contribution in [3.8, 4) is 5.75 Å². The number of hydrogen-bond acceptors (Lipinski definition) is 2. The number of halogens is 1. The van der Waals surface area contributed by atoms with Gasteiger partial charge in [-0.05, 0) is 32.4 Å². The van der Waals surface area contributed by atoms with Crippen LogP contribution >= 0.6 is 11.6 Å². The van der Waals surface area contributed by atoms with Gasteiger partial charge < -0.3 is 10.5 Å². The molecular formula is C11H16ClNO. The summed E-state index contributed by atoms with van der Waals surface area (Å²) in [5.74, 6) is 0.724. The summed E-state index contributed by atoms with van der Waals surface area (Å²) >= 11 is 5.95. The topological polar surface area (TPSA) is 35.2 Å². The van der Waals surface area contributed by atoms with E-state index in [0.29, 0.717) is 5.02 Å². The van der Waals surface area contributed by atoms with Crippen LogP contribution < -0.4 is 10.5 Å². The molecular weight excluding hydrogens is 198 g/mol. The van der Waals surface area contributed by atoms with E-state index in [1.54, 1.807) is 0 Å². The largest absolute Gasteiger partial charge is 0.489 e. The molecule has 0 aliphatic rings. The van der Waals surface area contributed by atoms with Crippen molar-refractivity contribution in [1.82, 2.24) is 0 Å². The van der Waals surface area contributed by atoms with Gasteiger partial charge in [0, 0.05) is 6.04 Å². The Kier molecular flexibility index (Phi) is 4.23. The molecule has 0 radical (unpaired) electrons. The van der Waals surface area contributed by atoms with Crippen molar-refractivity contribution in [3.63, 3.8) is 0 Å². The van der Waals surface area contributed by atoms with Gasteiger partial charge in [-0.3, -0.25) is 0 Å². The van der Waals surface area contributed by atoms with Crippen molar-refractivity contribution in [3.05, 3.63) is 29.3 Å². The summed E-state index contributed by atoms with van der Waals surface area (Å²) in [7, 11) is 0. The molecule has 1 rings (SSSR count). The Labute approximate surface area is 90.0 Å². The van der Waals surface area contributed by atoms with E-state index in [1.807, 2.05) is 38.1 Å². The number of benzene rings is 1. The average Bonchev–Trinajstić information content (AvgIpc) is 2.07. The second-order valence-electron chi connectivity index (χ2n) is 3.57. The van der Waals surface area contributed by atoms with Gasteiger partial charge in [-0.1, -0.05) is 23.7 Å². The summed E-state index contributed by atoms with van der Waals surface area (Å²) in [5.41, 5.74) is 5.67. The molecule has 0 heterocycles. The van der Waals surface area contributed by atoms with Crippen LogP contribution in [0.5, 0.6) is 5.75 Å². The van der Waals surface area contributed by atoms with Crippen molar-refractivity contribution < 1.29 is 4.74 Å². The highest BCUT2D eigenvalue weighted by Crippen LogP contribution is 2.24. The predicted octanol–water partition coefficient (Wildman–Crippen LogP) is 2.84. The van der Waals surface area contributed by atoms with Gasteiger partial charge in [-0.2, -0.15) is 0 Å². The van der Waals surface area contributed by atoms with Crippen LogP contribution in [0.2, 0.25) is 5.02 Å². The molecule has 2 N–H and O–H groups in total. The molecule has 78 valence electrons. The molecule has 2 nitrogen and oxygen atoms in total. The number of ether oxygens (including phenoxy) is 1. The van der Waals surface area contributed by atoms with Gasteiger partial charge in [0.1, 0.15) is 5.75 Å². The van der Waals surface area contributed by atoms with Crippen molar-refractivity contribution >= 4 is 11.6 Å². The standard InChI is InChI=1S/C11H16ClNO/c1-8(13)7-9(2)14-11-6-4-3-5-10(11)12/h3-6,8-9H,7,13H2,1-2H3. The Morgan fingerprint density at radius 2 is 2.00 bits per heavy atom. The Hall–Kier alpha value is -0.730. The molecule has 2 atom stereocenters. The van der Waals surface area contributed by atoms with E-state index in [9.17, 15) is 0 Å². The van der Waals surface area contributed by atoms with E-state index < -0.39 is 0 Å². The molecule has 1 aromatic carbocycles. The summed E-state index contributed by atoms with van der Waals surface area (Å²) in [5, 5.41) is 0.643. The lowest BCUT2D eigenvalue weighted by Crippen LogP contribution is -2.24. The van der Waals surface area contributed by atoms with Gasteiger partial charge in [0.2, 0.25) is 0 Å². The SMILES string of the molecule is CC(N)CC(C)Oc1ccccc1Cl. The molecule has 3 heteroatoms. The zero-order valence-corrected chi connectivity index (χ0v) is 9.29. The van der Waals surface area contributed by atoms with Crippen LogP contribution in [0.25, 0.3) is 0 Å². The molecule has 0 amide bonds. The minimum absolute atomic E-state index is 0.0925. The van der Waals surface area contributed by atoms with Gasteiger partial charge in [0.15, 0.2) is 0 Å². The lowest BCUT2D eigenvalue weighted by molar-refractivity contribution is 0.203. The summed E-state index contributed by atoms with van der Waals surface area (Å²) < 4.78 is 5.64. The van der Waals surface area contributed by atoms with E-state index in [0.717, 1.165) is 12.2 Å². The van der Waals surface area contributed by atoms with Crippen molar-refractivity contribution in [2.24, 2.45) is 5.73 Å². The zero-order valence-electron chi connectivity index (χ0n) is 8.53. The third kappa shape index (κ3) is 3.56. The number of para-hydroxylation sites is 1. The van der Waals surface area contributed by atoms with E-state index in [1.165, 1.54) is 0 Å². The van der Waals surface area contributed by atoms with Crippen LogP contribution in [0.3, 0.4) is 0 Å². The summed E-state index contributed by atoms with van der Waals surface area (Å²) in [4.78, 5) is 0. The molecule has 0 bridgehead atoms. The lowest BCUT2D eigenvalue weighted by Gasteiger charge is -2.17. The average molecular weight is 214 g/mol. The first-order valence-corrected chi connectivity index (χ1v) is 5.14. The highest BCUT2D eigenvalue weighted by atomic mass is 35.5. The first-order valence-electron chi connectivity index (χ1n) is 4.76. The van der Waals surface area contributed by atoms with Crippen LogP contribution in [0.15, 0.2) is 24.3 Å². The fourth-order valence-electron chi connectivity index (χ4n) is 1.33. The maximum absolute atomic E-state index is 5.95. The minimum Gasteiger partial charge on any atom is -0.489 e. The maximum Gasteiger partial charge on any atom is 0.138 e. The van der Waals surface area contributed by atoms with Crippen LogP contribution in [0.1, 0.15) is 20.3 Å². The monoisotopic (exact) mass is 213 g/mol. The highest BCUT2D eigenvalue weighted by molar-refractivity contribution is 6.32. The maximum atomic E-state index is 5.95. The molecule has 0 spiro atoms. The normalized spacial score (nSPS) is 14.9. The van der Waals surface area contributed by atoms with E-state index in [4.69, 9.17) is 22.1 Å². The third-order valence-electron chi connectivity index (χ3n) is 1.87. The first-order chi connectivity index (χ1) is 6.59. The van der Waals surface area contributed by atoms with E-state index in [-0.39, 0.29) is 12.1 Å². The molecule has 14 heavy (non-hydrogen) atoms. The Bertz CT molecular complexity index is 288. The lowest BCUT2D eigenvalue weighted by atomic mass is 10.2. The second-order valence-corrected chi connectivity index (χ2v) is 3.98. The summed E-state index contributed by atoms with van der Waals surface area (Å²) in [6.07, 6.45) is 0.917. The van der Waals surface area contributed by atoms with E-state index in [2.05, 4.69) is 0 Å². The molecule has 2 unspecified atom stereocenters. The van der Waals surface area contributed by atoms with Crippen LogP contribution in [0.4, 0.5) is 0 Å². The van der Waals surface area contributed by atoms with Crippen molar-refractivity contribution in [2.75, 3.05) is 0 Å². The fourth-order valence-corrected chi connectivity index (χ4v) is 1.51. The summed E-state index contributed by atoms with van der Waals surface area (Å²) in [6, 6.07) is 7.60. The van der Waals surface area contributed by atoms with Crippen LogP contribution in [-0.4, -0.2) is 12.1 Å². The smallest absolute Gasteiger partial charge is 0.138 e. The zero-order chi connectivity index (χ0) is 10.6. The van der Waals surface area contributed by atoms with Gasteiger partial charge in [-0.15, -0.1) is 0 Å². The van der Waals surface area contributed by atoms with Crippen molar-refractivity contribution in [2.45, 2.75) is 32.4 Å². The minimum atomic E-state index is 0.0925. The number of hydrogen-bond donors (Lipinski definition) is 1. The van der Waals surface area contributed by atoms with E-state index >= 15 is 0 Å². The molecule has 0 fully saturated rings. The summed E-state index contributed by atoms with van der Waals surface area (Å²) in [6.45, 7) is 3.96. The van der Waals surface area contributed by atoms with Crippen LogP contribution in [0, 0.1) is 0 Å². The second kappa shape index (κ2) is 5.23. The quantitative estimate of drug-likeness (QED) is 0.835. The highest BCUT2D eigenvalue weighted by Gasteiger charge is 2.08. The van der Waals surface area contributed by atoms with Gasteiger partial charge in [-0.25, -0.2) is 0 Å². The van der Waals surface area contributed by atoms with Crippen molar-refractivity contribution in [1.29, 1.82) is 0 Å². The fraction of sp³-hybridized carbons (Fsp3) is 0.455. The molecule has 1 aromatic rings. The Morgan fingerprint density at radius 3 is 2.57 bits per heavy atom. The molecule has 0 saturated carbocycles.